The van der Waals surface area contributed by atoms with Gasteiger partial charge in [0, 0.05) is 0 Å². The first-order valence-electron chi connectivity index (χ1n) is 6.53. The number of hydrogen-bond donors (Lipinski definition) is 0. The Bertz CT molecular complexity index is 812. The minimum Gasteiger partial charge on any atom is -0.461 e. The van der Waals surface area contributed by atoms with Gasteiger partial charge in [0.15, 0.2) is 5.69 Å². The van der Waals surface area contributed by atoms with E-state index in [1.807, 2.05) is 36.4 Å². The molecule has 1 heterocycles. The highest BCUT2D eigenvalue weighted by molar-refractivity contribution is 5.97. The molecule has 4 nitrogen and oxygen atoms in total. The Morgan fingerprint density at radius 3 is 2.30 bits per heavy atom. The largest absolute Gasteiger partial charge is 0.461 e. The third-order valence-corrected chi connectivity index (χ3v) is 3.17. The van der Waals surface area contributed by atoms with E-state index in [-0.39, 0.29) is 5.69 Å². The van der Waals surface area contributed by atoms with Crippen LogP contribution in [0.2, 0.25) is 0 Å². The summed E-state index contributed by atoms with van der Waals surface area (Å²) in [5.41, 5.74) is 2.37. The molecule has 0 bridgehead atoms. The first-order valence-corrected chi connectivity index (χ1v) is 6.53. The van der Waals surface area contributed by atoms with Crippen LogP contribution in [0.4, 0.5) is 0 Å². The van der Waals surface area contributed by atoms with Gasteiger partial charge >= 0.3 is 5.97 Å². The second kappa shape index (κ2) is 4.89. The van der Waals surface area contributed by atoms with Gasteiger partial charge in [-0.15, -0.1) is 0 Å². The number of fused-ring (bicyclic) bond motifs is 2. The number of benzene rings is 2. The van der Waals surface area contributed by atoms with Gasteiger partial charge in [-0.25, -0.2) is 14.8 Å². The summed E-state index contributed by atoms with van der Waals surface area (Å²) in [7, 11) is 0. The Morgan fingerprint density at radius 2 is 1.70 bits per heavy atom. The lowest BCUT2D eigenvalue weighted by molar-refractivity contribution is 0.0518. The van der Waals surface area contributed by atoms with Crippen molar-refractivity contribution < 1.29 is 9.53 Å². The van der Waals surface area contributed by atoms with Crippen molar-refractivity contribution in [3.8, 4) is 0 Å². The van der Waals surface area contributed by atoms with E-state index in [1.165, 1.54) is 0 Å². The molecule has 0 aliphatic heterocycles. The molecule has 0 atom stereocenters. The van der Waals surface area contributed by atoms with Crippen LogP contribution >= 0.6 is 0 Å². The predicted molar refractivity (Wildman–Crippen MR) is 77.7 cm³/mol. The summed E-state index contributed by atoms with van der Waals surface area (Å²) in [5, 5.41) is 2.19. The van der Waals surface area contributed by atoms with Gasteiger partial charge in [0.05, 0.1) is 23.3 Å². The van der Waals surface area contributed by atoms with E-state index in [0.29, 0.717) is 17.8 Å². The number of rotatable bonds is 2. The Kier molecular flexibility index (Phi) is 3.06. The molecule has 0 fully saturated rings. The Balaban J connectivity index is 2.23. The number of hydrogen-bond acceptors (Lipinski definition) is 4. The zero-order valence-electron chi connectivity index (χ0n) is 11.4. The highest BCUT2D eigenvalue weighted by atomic mass is 16.5. The van der Waals surface area contributed by atoms with Gasteiger partial charge in [0.2, 0.25) is 0 Å². The van der Waals surface area contributed by atoms with Crippen LogP contribution in [0.5, 0.6) is 0 Å². The van der Waals surface area contributed by atoms with Crippen LogP contribution in [0, 0.1) is 6.92 Å². The standard InChI is InChI=1S/C16H14N2O2/c1-3-20-16(19)15-10(2)17-13-8-11-6-4-5-7-12(11)9-14(13)18-15/h4-9H,3H2,1-2H3. The van der Waals surface area contributed by atoms with Gasteiger partial charge in [-0.1, -0.05) is 24.3 Å². The van der Waals surface area contributed by atoms with Gasteiger partial charge in [0.1, 0.15) is 0 Å². The Hall–Kier alpha value is -2.49. The van der Waals surface area contributed by atoms with E-state index in [4.69, 9.17) is 4.74 Å². The van der Waals surface area contributed by atoms with Crippen LogP contribution < -0.4 is 0 Å². The van der Waals surface area contributed by atoms with Crippen molar-refractivity contribution in [1.29, 1.82) is 0 Å². The quantitative estimate of drug-likeness (QED) is 0.527. The van der Waals surface area contributed by atoms with Gasteiger partial charge in [-0.3, -0.25) is 0 Å². The molecule has 0 saturated carbocycles. The minimum atomic E-state index is -0.424. The summed E-state index contributed by atoms with van der Waals surface area (Å²) in [6.45, 7) is 3.87. The molecule has 0 aliphatic carbocycles. The molecule has 4 heteroatoms. The summed E-state index contributed by atoms with van der Waals surface area (Å²) in [6, 6.07) is 11.9. The monoisotopic (exact) mass is 266 g/mol. The number of ether oxygens (including phenoxy) is 1. The van der Waals surface area contributed by atoms with E-state index in [2.05, 4.69) is 9.97 Å². The van der Waals surface area contributed by atoms with Crippen LogP contribution in [0.1, 0.15) is 23.1 Å². The molecular formula is C16H14N2O2. The van der Waals surface area contributed by atoms with E-state index < -0.39 is 5.97 Å². The first-order chi connectivity index (χ1) is 9.69. The average molecular weight is 266 g/mol. The summed E-state index contributed by atoms with van der Waals surface area (Å²) in [5.74, 6) is -0.424. The molecule has 3 rings (SSSR count). The predicted octanol–water partition coefficient (Wildman–Crippen LogP) is 3.27. The fraction of sp³-hybridized carbons (Fsp3) is 0.188. The van der Waals surface area contributed by atoms with Gasteiger partial charge in [-0.05, 0) is 36.8 Å². The maximum atomic E-state index is 11.8. The second-order valence-electron chi connectivity index (χ2n) is 4.57. The van der Waals surface area contributed by atoms with Crippen LogP contribution in [0.15, 0.2) is 36.4 Å². The zero-order valence-corrected chi connectivity index (χ0v) is 11.4. The Labute approximate surface area is 116 Å². The highest BCUT2D eigenvalue weighted by Gasteiger charge is 2.14. The van der Waals surface area contributed by atoms with Crippen molar-refractivity contribution in [3.05, 3.63) is 47.8 Å². The third-order valence-electron chi connectivity index (χ3n) is 3.17. The lowest BCUT2D eigenvalue weighted by Crippen LogP contribution is -2.10. The normalized spacial score (nSPS) is 10.9. The van der Waals surface area contributed by atoms with E-state index >= 15 is 0 Å². The van der Waals surface area contributed by atoms with Crippen LogP contribution in [0.25, 0.3) is 21.8 Å². The second-order valence-corrected chi connectivity index (χ2v) is 4.57. The lowest BCUT2D eigenvalue weighted by atomic mass is 10.1. The molecule has 100 valence electrons. The van der Waals surface area contributed by atoms with E-state index in [1.54, 1.807) is 13.8 Å². The smallest absolute Gasteiger partial charge is 0.358 e. The topological polar surface area (TPSA) is 52.1 Å². The van der Waals surface area contributed by atoms with E-state index in [9.17, 15) is 4.79 Å². The number of aryl methyl sites for hydroxylation is 1. The molecule has 3 aromatic rings. The fourth-order valence-electron chi connectivity index (χ4n) is 2.22. The summed E-state index contributed by atoms with van der Waals surface area (Å²) in [4.78, 5) is 20.7. The van der Waals surface area contributed by atoms with Gasteiger partial charge in [-0.2, -0.15) is 0 Å². The summed E-state index contributed by atoms with van der Waals surface area (Å²) in [6.07, 6.45) is 0. The summed E-state index contributed by atoms with van der Waals surface area (Å²) >= 11 is 0. The minimum absolute atomic E-state index is 0.287. The third kappa shape index (κ3) is 2.09. The molecule has 0 unspecified atom stereocenters. The fourth-order valence-corrected chi connectivity index (χ4v) is 2.22. The first kappa shape index (κ1) is 12.5. The average Bonchev–Trinajstić information content (AvgIpc) is 2.44. The Morgan fingerprint density at radius 1 is 1.10 bits per heavy atom. The summed E-state index contributed by atoms with van der Waals surface area (Å²) < 4.78 is 5.00. The molecule has 0 spiro atoms. The highest BCUT2D eigenvalue weighted by Crippen LogP contribution is 2.21. The molecule has 0 amide bonds. The number of aromatic nitrogens is 2. The molecule has 2 aromatic carbocycles. The van der Waals surface area contributed by atoms with Crippen molar-refractivity contribution in [1.82, 2.24) is 9.97 Å². The molecule has 0 N–H and O–H groups in total. The molecule has 0 radical (unpaired) electrons. The van der Waals surface area contributed by atoms with Crippen molar-refractivity contribution in [2.75, 3.05) is 6.61 Å². The van der Waals surface area contributed by atoms with Crippen LogP contribution in [-0.2, 0) is 4.74 Å². The van der Waals surface area contributed by atoms with Gasteiger partial charge < -0.3 is 4.74 Å². The number of nitrogens with zero attached hydrogens (tertiary/aromatic N) is 2. The number of esters is 1. The zero-order chi connectivity index (χ0) is 14.1. The van der Waals surface area contributed by atoms with Crippen molar-refractivity contribution in [2.45, 2.75) is 13.8 Å². The SMILES string of the molecule is CCOC(=O)c1nc2cc3ccccc3cc2nc1C. The lowest BCUT2D eigenvalue weighted by Gasteiger charge is -2.07. The maximum absolute atomic E-state index is 11.8. The number of carbonyl (C=O) groups is 1. The van der Waals surface area contributed by atoms with Gasteiger partial charge in [0.25, 0.3) is 0 Å². The molecule has 0 aliphatic rings. The molecule has 0 saturated heterocycles. The van der Waals surface area contributed by atoms with Crippen molar-refractivity contribution in [3.63, 3.8) is 0 Å². The molecular weight excluding hydrogens is 252 g/mol. The maximum Gasteiger partial charge on any atom is 0.358 e. The van der Waals surface area contributed by atoms with Crippen LogP contribution in [-0.4, -0.2) is 22.5 Å². The van der Waals surface area contributed by atoms with Crippen molar-refractivity contribution in [2.24, 2.45) is 0 Å². The molecule has 1 aromatic heterocycles. The van der Waals surface area contributed by atoms with Crippen LogP contribution in [0.3, 0.4) is 0 Å². The molecule has 20 heavy (non-hydrogen) atoms. The van der Waals surface area contributed by atoms with E-state index in [0.717, 1.165) is 16.3 Å². The number of carbonyl (C=O) groups excluding carboxylic acids is 1. The van der Waals surface area contributed by atoms with Crippen molar-refractivity contribution >= 4 is 27.8 Å².